The van der Waals surface area contributed by atoms with E-state index in [4.69, 9.17) is 0 Å². The van der Waals surface area contributed by atoms with E-state index in [0.29, 0.717) is 21.4 Å². The molecule has 1 rings (SSSR count). The first-order valence-corrected chi connectivity index (χ1v) is 7.59. The molecule has 0 radical (unpaired) electrons. The number of unbranched alkanes of at least 4 members (excludes halogenated alkanes) is 1. The van der Waals surface area contributed by atoms with Crippen LogP contribution in [0.3, 0.4) is 0 Å². The van der Waals surface area contributed by atoms with Crippen LogP contribution in [-0.2, 0) is 6.54 Å². The molecule has 5 heteroatoms. The largest absolute Gasteiger partial charge is 0.282 e. The van der Waals surface area contributed by atoms with E-state index >= 15 is 0 Å². The first kappa shape index (κ1) is 14.9. The molecule has 3 nitrogen and oxygen atoms in total. The van der Waals surface area contributed by atoms with Gasteiger partial charge in [-0.25, -0.2) is 4.68 Å². The molecule has 1 unspecified atom stereocenters. The van der Waals surface area contributed by atoms with Gasteiger partial charge in [-0.3, -0.25) is 4.79 Å². The van der Waals surface area contributed by atoms with E-state index in [0.717, 1.165) is 12.8 Å². The summed E-state index contributed by atoms with van der Waals surface area (Å²) in [5, 5.41) is 4.16. The Balaban J connectivity index is 2.80. The van der Waals surface area contributed by atoms with Gasteiger partial charge in [-0.05, 0) is 44.2 Å². The normalized spacial score (nSPS) is 12.7. The van der Waals surface area contributed by atoms with Crippen molar-refractivity contribution in [2.45, 2.75) is 46.1 Å². The highest BCUT2D eigenvalue weighted by Crippen LogP contribution is 2.18. The van der Waals surface area contributed by atoms with Gasteiger partial charge in [0.2, 0.25) is 0 Å². The maximum atomic E-state index is 11.9. The third-order valence-corrected chi connectivity index (χ3v) is 4.82. The van der Waals surface area contributed by atoms with Crippen LogP contribution in [0.1, 0.15) is 39.5 Å². The Labute approximate surface area is 119 Å². The van der Waals surface area contributed by atoms with Crippen LogP contribution in [0.15, 0.2) is 19.9 Å². The molecular weight excluding hydrogens is 348 g/mol. The maximum absolute atomic E-state index is 11.9. The number of rotatable bonds is 6. The van der Waals surface area contributed by atoms with Gasteiger partial charge in [0.1, 0.15) is 4.47 Å². The minimum absolute atomic E-state index is 0.0608. The molecule has 0 amide bonds. The van der Waals surface area contributed by atoms with E-state index in [9.17, 15) is 4.79 Å². The standard InChI is InChI=1S/C12H18Br2N2O/c1-3-5-6-9(4-2)8-16-12(17)11(14)10(13)7-15-16/h7,9H,3-6,8H2,1-2H3. The van der Waals surface area contributed by atoms with Crippen LogP contribution < -0.4 is 5.56 Å². The Morgan fingerprint density at radius 1 is 1.41 bits per heavy atom. The van der Waals surface area contributed by atoms with Gasteiger partial charge in [-0.15, -0.1) is 0 Å². The van der Waals surface area contributed by atoms with Crippen molar-refractivity contribution in [3.63, 3.8) is 0 Å². The lowest BCUT2D eigenvalue weighted by Gasteiger charge is -2.15. The Hall–Kier alpha value is -0.160. The lowest BCUT2D eigenvalue weighted by Crippen LogP contribution is -2.27. The summed E-state index contributed by atoms with van der Waals surface area (Å²) in [6, 6.07) is 0. The second kappa shape index (κ2) is 7.31. The molecule has 0 saturated carbocycles. The van der Waals surface area contributed by atoms with Gasteiger partial charge < -0.3 is 0 Å². The van der Waals surface area contributed by atoms with Crippen molar-refractivity contribution in [1.82, 2.24) is 9.78 Å². The molecule has 1 heterocycles. The van der Waals surface area contributed by atoms with Gasteiger partial charge in [0, 0.05) is 6.54 Å². The lowest BCUT2D eigenvalue weighted by atomic mass is 9.99. The van der Waals surface area contributed by atoms with Crippen molar-refractivity contribution in [2.24, 2.45) is 5.92 Å². The molecular formula is C12H18Br2N2O. The number of hydrogen-bond acceptors (Lipinski definition) is 2. The third-order valence-electron chi connectivity index (χ3n) is 2.92. The zero-order valence-electron chi connectivity index (χ0n) is 10.2. The van der Waals surface area contributed by atoms with Crippen LogP contribution in [-0.4, -0.2) is 9.78 Å². The molecule has 0 aromatic carbocycles. The molecule has 0 spiro atoms. The summed E-state index contributed by atoms with van der Waals surface area (Å²) in [6.45, 7) is 5.06. The van der Waals surface area contributed by atoms with E-state index in [1.165, 1.54) is 12.8 Å². The van der Waals surface area contributed by atoms with Crippen molar-refractivity contribution < 1.29 is 0 Å². The summed E-state index contributed by atoms with van der Waals surface area (Å²) in [5.41, 5.74) is -0.0608. The Kier molecular flexibility index (Phi) is 6.41. The fourth-order valence-corrected chi connectivity index (χ4v) is 2.31. The molecule has 0 bridgehead atoms. The van der Waals surface area contributed by atoms with Gasteiger partial charge in [0.25, 0.3) is 5.56 Å². The summed E-state index contributed by atoms with van der Waals surface area (Å²) in [4.78, 5) is 11.9. The Morgan fingerprint density at radius 2 is 2.12 bits per heavy atom. The molecule has 17 heavy (non-hydrogen) atoms. The van der Waals surface area contributed by atoms with Crippen LogP contribution in [0.25, 0.3) is 0 Å². The molecule has 0 N–H and O–H groups in total. The molecule has 0 fully saturated rings. The van der Waals surface area contributed by atoms with E-state index in [2.05, 4.69) is 50.8 Å². The Morgan fingerprint density at radius 3 is 2.71 bits per heavy atom. The highest BCUT2D eigenvalue weighted by Gasteiger charge is 2.11. The Bertz CT molecular complexity index is 417. The molecule has 0 aliphatic heterocycles. The van der Waals surface area contributed by atoms with Gasteiger partial charge in [0.15, 0.2) is 0 Å². The maximum Gasteiger partial charge on any atom is 0.282 e. The van der Waals surface area contributed by atoms with Crippen molar-refractivity contribution in [2.75, 3.05) is 0 Å². The number of nitrogens with zero attached hydrogens (tertiary/aromatic N) is 2. The second-order valence-electron chi connectivity index (χ2n) is 4.21. The van der Waals surface area contributed by atoms with E-state index in [1.807, 2.05) is 0 Å². The van der Waals surface area contributed by atoms with Crippen molar-refractivity contribution >= 4 is 31.9 Å². The molecule has 1 aromatic rings. The zero-order valence-corrected chi connectivity index (χ0v) is 13.4. The number of halogens is 2. The average Bonchev–Trinajstić information content (AvgIpc) is 2.34. The van der Waals surface area contributed by atoms with E-state index < -0.39 is 0 Å². The van der Waals surface area contributed by atoms with Crippen molar-refractivity contribution in [3.8, 4) is 0 Å². The van der Waals surface area contributed by atoms with E-state index in [1.54, 1.807) is 10.9 Å². The summed E-state index contributed by atoms with van der Waals surface area (Å²) in [7, 11) is 0. The minimum Gasteiger partial charge on any atom is -0.266 e. The van der Waals surface area contributed by atoms with Crippen molar-refractivity contribution in [1.29, 1.82) is 0 Å². The summed E-state index contributed by atoms with van der Waals surface area (Å²) in [5.74, 6) is 0.535. The predicted octanol–water partition coefficient (Wildman–Crippen LogP) is 3.98. The van der Waals surface area contributed by atoms with Crippen LogP contribution in [0.2, 0.25) is 0 Å². The smallest absolute Gasteiger partial charge is 0.266 e. The van der Waals surface area contributed by atoms with Gasteiger partial charge in [-0.2, -0.15) is 5.10 Å². The van der Waals surface area contributed by atoms with Crippen LogP contribution in [0, 0.1) is 5.92 Å². The fraction of sp³-hybridized carbons (Fsp3) is 0.667. The topological polar surface area (TPSA) is 34.9 Å². The fourth-order valence-electron chi connectivity index (χ4n) is 1.74. The van der Waals surface area contributed by atoms with Gasteiger partial charge >= 0.3 is 0 Å². The molecule has 0 saturated heterocycles. The van der Waals surface area contributed by atoms with E-state index in [-0.39, 0.29) is 5.56 Å². The third kappa shape index (κ3) is 4.21. The quantitative estimate of drug-likeness (QED) is 0.763. The molecule has 0 aliphatic rings. The summed E-state index contributed by atoms with van der Waals surface area (Å²) in [6.07, 6.45) is 6.32. The number of hydrogen-bond donors (Lipinski definition) is 0. The van der Waals surface area contributed by atoms with Crippen molar-refractivity contribution in [3.05, 3.63) is 25.5 Å². The zero-order chi connectivity index (χ0) is 12.8. The molecule has 96 valence electrons. The molecule has 1 aromatic heterocycles. The second-order valence-corrected chi connectivity index (χ2v) is 5.86. The first-order chi connectivity index (χ1) is 8.10. The van der Waals surface area contributed by atoms with Crippen LogP contribution >= 0.6 is 31.9 Å². The predicted molar refractivity (Wildman–Crippen MR) is 77.2 cm³/mol. The monoisotopic (exact) mass is 364 g/mol. The highest BCUT2D eigenvalue weighted by molar-refractivity contribution is 9.13. The van der Waals surface area contributed by atoms with Crippen LogP contribution in [0.4, 0.5) is 0 Å². The lowest BCUT2D eigenvalue weighted by molar-refractivity contribution is 0.362. The SMILES string of the molecule is CCCCC(CC)Cn1ncc(Br)c(Br)c1=O. The summed E-state index contributed by atoms with van der Waals surface area (Å²) >= 11 is 6.56. The molecule has 0 aliphatic carbocycles. The molecule has 1 atom stereocenters. The van der Waals surface area contributed by atoms with Crippen LogP contribution in [0.5, 0.6) is 0 Å². The minimum atomic E-state index is -0.0608. The summed E-state index contributed by atoms with van der Waals surface area (Å²) < 4.78 is 2.82. The average molecular weight is 366 g/mol. The van der Waals surface area contributed by atoms with Gasteiger partial charge in [0.05, 0.1) is 10.7 Å². The highest BCUT2D eigenvalue weighted by atomic mass is 79.9. The first-order valence-electron chi connectivity index (χ1n) is 6.01. The van der Waals surface area contributed by atoms with Gasteiger partial charge in [-0.1, -0.05) is 33.1 Å². The number of aromatic nitrogens is 2.